The summed E-state index contributed by atoms with van der Waals surface area (Å²) in [6.45, 7) is 6.39. The van der Waals surface area contributed by atoms with Crippen LogP contribution in [0.25, 0.3) is 0 Å². The van der Waals surface area contributed by atoms with E-state index in [9.17, 15) is 13.2 Å². The lowest BCUT2D eigenvalue weighted by atomic mass is 9.99. The van der Waals surface area contributed by atoms with Crippen molar-refractivity contribution in [3.8, 4) is 5.75 Å². The Kier molecular flexibility index (Phi) is 5.69. The Morgan fingerprint density at radius 1 is 1.18 bits per heavy atom. The molecule has 124 valence electrons. The van der Waals surface area contributed by atoms with E-state index < -0.39 is 18.6 Å². The van der Waals surface area contributed by atoms with Crippen LogP contribution < -0.4 is 10.1 Å². The third kappa shape index (κ3) is 4.88. The molecule has 1 aromatic carbocycles. The number of nitrogens with one attached hydrogen (secondary N) is 1. The minimum atomic E-state index is -4.21. The molecule has 0 bridgehead atoms. The highest BCUT2D eigenvalue weighted by Crippen LogP contribution is 2.38. The van der Waals surface area contributed by atoms with E-state index in [0.29, 0.717) is 37.5 Å². The molecule has 0 saturated carbocycles. The monoisotopic (exact) mass is 316 g/mol. The molecular weight excluding hydrogens is 293 g/mol. The van der Waals surface area contributed by atoms with E-state index in [1.54, 1.807) is 24.3 Å². The normalized spacial score (nSPS) is 18.5. The van der Waals surface area contributed by atoms with Crippen LogP contribution >= 0.6 is 0 Å². The number of benzene rings is 1. The molecule has 22 heavy (non-hydrogen) atoms. The van der Waals surface area contributed by atoms with Crippen LogP contribution in [0.2, 0.25) is 0 Å². The highest BCUT2D eigenvalue weighted by molar-refractivity contribution is 5.36. The van der Waals surface area contributed by atoms with Gasteiger partial charge in [0, 0.05) is 37.8 Å². The number of alkyl halides is 3. The van der Waals surface area contributed by atoms with Crippen molar-refractivity contribution in [3.63, 3.8) is 0 Å². The third-order valence-corrected chi connectivity index (χ3v) is 3.66. The lowest BCUT2D eigenvalue weighted by molar-refractivity contribution is -0.148. The first-order valence-electron chi connectivity index (χ1n) is 7.64. The number of halogens is 3. The fraction of sp³-hybridized carbons (Fsp3) is 0.625. The standard InChI is InChI=1S/C16H23F3N2O/c1-12(2)22-15-6-4-3-5-13(15)14(11-16(17,18)19)21-9-7-20-8-10-21/h3-6,12,14,20H,7-11H2,1-2H3/t14-/m1/s1. The largest absolute Gasteiger partial charge is 0.491 e. The van der Waals surface area contributed by atoms with Gasteiger partial charge in [-0.1, -0.05) is 18.2 Å². The minimum Gasteiger partial charge on any atom is -0.491 e. The van der Waals surface area contributed by atoms with Crippen LogP contribution in [0.3, 0.4) is 0 Å². The van der Waals surface area contributed by atoms with Gasteiger partial charge in [0.05, 0.1) is 12.5 Å². The van der Waals surface area contributed by atoms with E-state index in [-0.39, 0.29) is 6.10 Å². The average molecular weight is 316 g/mol. The molecule has 0 amide bonds. The molecule has 1 N–H and O–H groups in total. The predicted octanol–water partition coefficient (Wildman–Crippen LogP) is 3.37. The third-order valence-electron chi connectivity index (χ3n) is 3.66. The number of piperazine rings is 1. The summed E-state index contributed by atoms with van der Waals surface area (Å²) in [5, 5.41) is 3.18. The van der Waals surface area contributed by atoms with Crippen LogP contribution in [0.4, 0.5) is 13.2 Å². The van der Waals surface area contributed by atoms with Crippen molar-refractivity contribution in [2.24, 2.45) is 0 Å². The summed E-state index contributed by atoms with van der Waals surface area (Å²) in [4.78, 5) is 1.90. The molecule has 0 radical (unpaired) electrons. The van der Waals surface area contributed by atoms with Gasteiger partial charge < -0.3 is 10.1 Å². The molecule has 1 fully saturated rings. The maximum Gasteiger partial charge on any atom is 0.390 e. The molecular formula is C16H23F3N2O. The van der Waals surface area contributed by atoms with E-state index in [0.717, 1.165) is 0 Å². The number of rotatable bonds is 5. The topological polar surface area (TPSA) is 24.5 Å². The van der Waals surface area contributed by atoms with Crippen molar-refractivity contribution in [1.82, 2.24) is 10.2 Å². The number of hydrogen-bond acceptors (Lipinski definition) is 3. The average Bonchev–Trinajstić information content (AvgIpc) is 2.45. The van der Waals surface area contributed by atoms with Crippen LogP contribution in [0.15, 0.2) is 24.3 Å². The van der Waals surface area contributed by atoms with Crippen molar-refractivity contribution in [2.75, 3.05) is 26.2 Å². The lowest BCUT2D eigenvalue weighted by Crippen LogP contribution is -2.46. The molecule has 0 unspecified atom stereocenters. The number of ether oxygens (including phenoxy) is 1. The van der Waals surface area contributed by atoms with Gasteiger partial charge in [-0.25, -0.2) is 0 Å². The van der Waals surface area contributed by atoms with Gasteiger partial charge in [0.1, 0.15) is 5.75 Å². The fourth-order valence-electron chi connectivity index (χ4n) is 2.77. The first-order chi connectivity index (χ1) is 10.4. The second kappa shape index (κ2) is 7.33. The van der Waals surface area contributed by atoms with Crippen LogP contribution in [-0.2, 0) is 0 Å². The summed E-state index contributed by atoms with van der Waals surface area (Å²) in [6, 6.07) is 6.37. The summed E-state index contributed by atoms with van der Waals surface area (Å²) in [5.74, 6) is 0.547. The first kappa shape index (κ1) is 17.1. The van der Waals surface area contributed by atoms with Gasteiger partial charge in [0.15, 0.2) is 0 Å². The zero-order valence-corrected chi connectivity index (χ0v) is 13.0. The molecule has 6 heteroatoms. The van der Waals surface area contributed by atoms with E-state index >= 15 is 0 Å². The van der Waals surface area contributed by atoms with Crippen molar-refractivity contribution in [3.05, 3.63) is 29.8 Å². The molecule has 1 atom stereocenters. The Morgan fingerprint density at radius 2 is 1.82 bits per heavy atom. The number of para-hydroxylation sites is 1. The van der Waals surface area contributed by atoms with E-state index in [1.807, 2.05) is 18.7 Å². The minimum absolute atomic E-state index is 0.0734. The maximum absolute atomic E-state index is 13.1. The molecule has 0 aromatic heterocycles. The van der Waals surface area contributed by atoms with Crippen LogP contribution in [0.5, 0.6) is 5.75 Å². The highest BCUT2D eigenvalue weighted by atomic mass is 19.4. The van der Waals surface area contributed by atoms with Crippen LogP contribution in [0, 0.1) is 0 Å². The van der Waals surface area contributed by atoms with Gasteiger partial charge in [0.25, 0.3) is 0 Å². The maximum atomic E-state index is 13.1. The summed E-state index contributed by atoms with van der Waals surface area (Å²) in [5.41, 5.74) is 0.621. The van der Waals surface area contributed by atoms with E-state index in [2.05, 4.69) is 5.32 Å². The molecule has 0 aliphatic carbocycles. The number of nitrogens with zero attached hydrogens (tertiary/aromatic N) is 1. The Morgan fingerprint density at radius 3 is 2.41 bits per heavy atom. The molecule has 1 saturated heterocycles. The molecule has 1 heterocycles. The van der Waals surface area contributed by atoms with Gasteiger partial charge in [0.2, 0.25) is 0 Å². The highest BCUT2D eigenvalue weighted by Gasteiger charge is 2.37. The smallest absolute Gasteiger partial charge is 0.390 e. The molecule has 1 aliphatic heterocycles. The van der Waals surface area contributed by atoms with Gasteiger partial charge in [-0.15, -0.1) is 0 Å². The Hall–Kier alpha value is -1.27. The molecule has 1 aromatic rings. The SMILES string of the molecule is CC(C)Oc1ccccc1[C@@H](CC(F)(F)F)N1CCNCC1. The van der Waals surface area contributed by atoms with Crippen molar-refractivity contribution in [1.29, 1.82) is 0 Å². The fourth-order valence-corrected chi connectivity index (χ4v) is 2.77. The van der Waals surface area contributed by atoms with Gasteiger partial charge >= 0.3 is 6.18 Å². The Balaban J connectivity index is 2.31. The second-order valence-corrected chi connectivity index (χ2v) is 5.83. The molecule has 0 spiro atoms. The van der Waals surface area contributed by atoms with Gasteiger partial charge in [-0.05, 0) is 19.9 Å². The van der Waals surface area contributed by atoms with Crippen LogP contribution in [0.1, 0.15) is 31.9 Å². The summed E-state index contributed by atoms with van der Waals surface area (Å²) >= 11 is 0. The number of hydrogen-bond donors (Lipinski definition) is 1. The summed E-state index contributed by atoms with van der Waals surface area (Å²) in [7, 11) is 0. The van der Waals surface area contributed by atoms with Gasteiger partial charge in [-0.3, -0.25) is 4.90 Å². The molecule has 3 nitrogen and oxygen atoms in total. The quantitative estimate of drug-likeness (QED) is 0.901. The first-order valence-corrected chi connectivity index (χ1v) is 7.64. The van der Waals surface area contributed by atoms with E-state index in [4.69, 9.17) is 4.74 Å². The summed E-state index contributed by atoms with van der Waals surface area (Å²) in [6.07, 6.45) is -5.14. The zero-order valence-electron chi connectivity index (χ0n) is 13.0. The van der Waals surface area contributed by atoms with Gasteiger partial charge in [-0.2, -0.15) is 13.2 Å². The Bertz CT molecular complexity index is 471. The molecule has 2 rings (SSSR count). The van der Waals surface area contributed by atoms with Crippen molar-refractivity contribution in [2.45, 2.75) is 38.6 Å². The predicted molar refractivity (Wildman–Crippen MR) is 80.1 cm³/mol. The molecule has 1 aliphatic rings. The van der Waals surface area contributed by atoms with Crippen LogP contribution in [-0.4, -0.2) is 43.4 Å². The zero-order chi connectivity index (χ0) is 16.2. The Labute approximate surface area is 129 Å². The van der Waals surface area contributed by atoms with Crippen molar-refractivity contribution >= 4 is 0 Å². The van der Waals surface area contributed by atoms with Crippen molar-refractivity contribution < 1.29 is 17.9 Å². The van der Waals surface area contributed by atoms with E-state index in [1.165, 1.54) is 0 Å². The lowest BCUT2D eigenvalue weighted by Gasteiger charge is -2.36. The summed E-state index contributed by atoms with van der Waals surface area (Å²) < 4.78 is 44.9. The second-order valence-electron chi connectivity index (χ2n) is 5.83.